The van der Waals surface area contributed by atoms with Crippen molar-refractivity contribution in [3.63, 3.8) is 0 Å². The van der Waals surface area contributed by atoms with Crippen molar-refractivity contribution >= 4 is 11.7 Å². The van der Waals surface area contributed by atoms with E-state index in [9.17, 15) is 22.8 Å². The first-order valence-corrected chi connectivity index (χ1v) is 12.3. The number of halogens is 3. The highest BCUT2D eigenvalue weighted by atomic mass is 19.4. The predicted octanol–water partition coefficient (Wildman–Crippen LogP) is 5.31. The van der Waals surface area contributed by atoms with Crippen LogP contribution < -0.4 is 4.74 Å². The van der Waals surface area contributed by atoms with Gasteiger partial charge in [-0.1, -0.05) is 0 Å². The van der Waals surface area contributed by atoms with Crippen molar-refractivity contribution in [3.8, 4) is 5.75 Å². The fraction of sp³-hybridized carbons (Fsp3) is 0.556. The maximum Gasteiger partial charge on any atom is 0.419 e. The van der Waals surface area contributed by atoms with Gasteiger partial charge in [0.25, 0.3) is 5.91 Å². The largest absolute Gasteiger partial charge is 0.490 e. The third kappa shape index (κ3) is 4.42. The van der Waals surface area contributed by atoms with Crippen molar-refractivity contribution in [2.45, 2.75) is 70.8 Å². The maximum absolute atomic E-state index is 13.7. The molecule has 0 bridgehead atoms. The van der Waals surface area contributed by atoms with E-state index in [1.165, 1.54) is 12.1 Å². The minimum atomic E-state index is -4.64. The van der Waals surface area contributed by atoms with E-state index in [4.69, 9.17) is 4.74 Å². The topological polar surface area (TPSA) is 54.8 Å². The number of likely N-dealkylation sites (N-methyl/N-ethyl adjacent to an activating group) is 1. The highest BCUT2D eigenvalue weighted by molar-refractivity contribution is 5.95. The number of likely N-dealkylation sites (tertiary alicyclic amines) is 1. The molecule has 1 aromatic carbocycles. The number of fused-ring (bicyclic) bond motifs is 2. The van der Waals surface area contributed by atoms with Gasteiger partial charge in [-0.25, -0.2) is 0 Å². The Bertz CT molecular complexity index is 1170. The zero-order chi connectivity index (χ0) is 26.6. The van der Waals surface area contributed by atoms with Crippen molar-refractivity contribution in [1.29, 1.82) is 0 Å². The summed E-state index contributed by atoms with van der Waals surface area (Å²) in [6.07, 6.45) is -3.82. The van der Waals surface area contributed by atoms with Crippen molar-refractivity contribution in [2.24, 2.45) is 0 Å². The number of rotatable bonds is 4. The van der Waals surface area contributed by atoms with Crippen LogP contribution in [-0.4, -0.2) is 58.8 Å². The highest BCUT2D eigenvalue weighted by Gasteiger charge is 2.49. The molecule has 0 unspecified atom stereocenters. The molecule has 1 saturated heterocycles. The number of hydrogen-bond acceptors (Lipinski definition) is 4. The lowest BCUT2D eigenvalue weighted by molar-refractivity contribution is -0.139. The van der Waals surface area contributed by atoms with Gasteiger partial charge in [0, 0.05) is 37.8 Å². The molecule has 1 spiro atoms. The Morgan fingerprint density at radius 3 is 2.25 bits per heavy atom. The summed E-state index contributed by atoms with van der Waals surface area (Å²) in [5.74, 6) is -0.697. The second-order valence-electron chi connectivity index (χ2n) is 10.9. The lowest BCUT2D eigenvalue weighted by Gasteiger charge is -2.55. The summed E-state index contributed by atoms with van der Waals surface area (Å²) in [6.45, 7) is 10.6. The summed E-state index contributed by atoms with van der Waals surface area (Å²) < 4.78 is 48.5. The first-order chi connectivity index (χ1) is 16.7. The molecule has 0 aliphatic carbocycles. The second kappa shape index (κ2) is 8.94. The van der Waals surface area contributed by atoms with E-state index in [2.05, 4.69) is 30.4 Å². The third-order valence-corrected chi connectivity index (χ3v) is 7.45. The molecule has 3 heterocycles. The number of ketones is 1. The van der Waals surface area contributed by atoms with E-state index in [0.29, 0.717) is 31.6 Å². The van der Waals surface area contributed by atoms with Gasteiger partial charge in [-0.3, -0.25) is 14.5 Å². The number of alkyl halides is 3. The number of benzene rings is 1. The third-order valence-electron chi connectivity index (χ3n) is 7.45. The molecule has 9 heteroatoms. The van der Waals surface area contributed by atoms with Crippen LogP contribution >= 0.6 is 0 Å². The molecule has 4 rings (SSSR count). The summed E-state index contributed by atoms with van der Waals surface area (Å²) in [6, 6.07) is 7.41. The van der Waals surface area contributed by atoms with Crippen LogP contribution in [0, 0.1) is 0 Å². The summed E-state index contributed by atoms with van der Waals surface area (Å²) in [5.41, 5.74) is 0.138. The van der Waals surface area contributed by atoms with Crippen LogP contribution in [-0.2, 0) is 17.3 Å². The number of Topliss-reactive ketones (excluding diaryl/α,β-unsaturated/α-hetero) is 1. The van der Waals surface area contributed by atoms with Gasteiger partial charge in [-0.2, -0.15) is 13.2 Å². The molecule has 2 aromatic rings. The summed E-state index contributed by atoms with van der Waals surface area (Å²) in [4.78, 5) is 29.5. The van der Waals surface area contributed by atoms with E-state index < -0.39 is 23.8 Å². The Balaban J connectivity index is 1.60. The Labute approximate surface area is 210 Å². The predicted molar refractivity (Wildman–Crippen MR) is 130 cm³/mol. The van der Waals surface area contributed by atoms with Gasteiger partial charge in [-0.15, -0.1) is 0 Å². The first kappa shape index (κ1) is 26.3. The van der Waals surface area contributed by atoms with Gasteiger partial charge in [0.05, 0.1) is 28.4 Å². The van der Waals surface area contributed by atoms with E-state index >= 15 is 0 Å². The summed E-state index contributed by atoms with van der Waals surface area (Å²) >= 11 is 0. The van der Waals surface area contributed by atoms with Gasteiger partial charge >= 0.3 is 6.18 Å². The molecule has 1 aromatic heterocycles. The van der Waals surface area contributed by atoms with Gasteiger partial charge in [0.2, 0.25) is 0 Å². The Morgan fingerprint density at radius 2 is 1.69 bits per heavy atom. The van der Waals surface area contributed by atoms with E-state index in [1.54, 1.807) is 25.7 Å². The first-order valence-electron chi connectivity index (χ1n) is 12.3. The average Bonchev–Trinajstić information content (AvgIpc) is 3.24. The summed E-state index contributed by atoms with van der Waals surface area (Å²) in [5, 5.41) is 0. The smallest absolute Gasteiger partial charge is 0.419 e. The maximum atomic E-state index is 13.7. The number of carbonyl (C=O) groups is 2. The SMILES string of the molecule is CC(=O)c1ccc2n1C(C)(C)CN(C)C21CCN(C(=O)c2ccc(OC(C)C)c(C(F)(F)F)c2)CC1. The van der Waals surface area contributed by atoms with Gasteiger partial charge in [0.15, 0.2) is 5.78 Å². The Kier molecular flexibility index (Phi) is 6.52. The normalized spacial score (nSPS) is 19.4. The van der Waals surface area contributed by atoms with Crippen molar-refractivity contribution in [1.82, 2.24) is 14.4 Å². The van der Waals surface area contributed by atoms with Gasteiger partial charge in [-0.05, 0) is 77.9 Å². The second-order valence-corrected chi connectivity index (χ2v) is 10.9. The zero-order valence-electron chi connectivity index (χ0n) is 21.7. The number of ether oxygens (including phenoxy) is 1. The molecule has 36 heavy (non-hydrogen) atoms. The van der Waals surface area contributed by atoms with Crippen LogP contribution in [0.25, 0.3) is 0 Å². The molecule has 0 saturated carbocycles. The fourth-order valence-electron chi connectivity index (χ4n) is 5.87. The van der Waals surface area contributed by atoms with Crippen LogP contribution in [0.4, 0.5) is 13.2 Å². The minimum absolute atomic E-state index is 0.00486. The minimum Gasteiger partial charge on any atom is -0.490 e. The van der Waals surface area contributed by atoms with Gasteiger partial charge < -0.3 is 14.2 Å². The molecule has 196 valence electrons. The molecule has 6 nitrogen and oxygen atoms in total. The lowest BCUT2D eigenvalue weighted by Crippen LogP contribution is -2.61. The van der Waals surface area contributed by atoms with E-state index in [1.807, 2.05) is 12.1 Å². The molecule has 2 aliphatic rings. The Hall–Kier alpha value is -2.81. The van der Waals surface area contributed by atoms with Crippen molar-refractivity contribution < 1.29 is 27.5 Å². The van der Waals surface area contributed by atoms with E-state index in [-0.39, 0.29) is 28.2 Å². The van der Waals surface area contributed by atoms with Crippen LogP contribution in [0.5, 0.6) is 5.75 Å². The highest BCUT2D eigenvalue weighted by Crippen LogP contribution is 2.46. The number of amides is 1. The number of piperidine rings is 1. The van der Waals surface area contributed by atoms with Crippen LogP contribution in [0.1, 0.15) is 79.6 Å². The van der Waals surface area contributed by atoms with Gasteiger partial charge in [0.1, 0.15) is 5.75 Å². The molecule has 2 aliphatic heterocycles. The number of carbonyl (C=O) groups excluding carboxylic acids is 2. The zero-order valence-corrected chi connectivity index (χ0v) is 21.7. The average molecular weight is 506 g/mol. The standard InChI is InChI=1S/C27H34F3N3O3/c1-17(2)36-22-9-7-19(15-20(22)27(28,29)30)24(35)32-13-11-26(12-14-32)23-10-8-21(18(3)34)33(23)25(4,5)16-31(26)6/h7-10,15,17H,11-14,16H2,1-6H3. The van der Waals surface area contributed by atoms with Crippen molar-refractivity contribution in [3.05, 3.63) is 52.8 Å². The molecule has 0 atom stereocenters. The monoisotopic (exact) mass is 505 g/mol. The molecule has 0 radical (unpaired) electrons. The molecule has 0 N–H and O–H groups in total. The van der Waals surface area contributed by atoms with Crippen LogP contribution in [0.3, 0.4) is 0 Å². The molecule has 1 amide bonds. The quantitative estimate of drug-likeness (QED) is 0.529. The molecular formula is C27H34F3N3O3. The number of aromatic nitrogens is 1. The lowest BCUT2D eigenvalue weighted by atomic mass is 9.78. The van der Waals surface area contributed by atoms with Crippen LogP contribution in [0.2, 0.25) is 0 Å². The number of hydrogen-bond donors (Lipinski definition) is 0. The molecular weight excluding hydrogens is 471 g/mol. The Morgan fingerprint density at radius 1 is 1.06 bits per heavy atom. The fourth-order valence-corrected chi connectivity index (χ4v) is 5.87. The van der Waals surface area contributed by atoms with Crippen LogP contribution in [0.15, 0.2) is 30.3 Å². The van der Waals surface area contributed by atoms with Crippen molar-refractivity contribution in [2.75, 3.05) is 26.7 Å². The summed E-state index contributed by atoms with van der Waals surface area (Å²) in [7, 11) is 2.06. The number of nitrogens with zero attached hydrogens (tertiary/aromatic N) is 3. The molecule has 1 fully saturated rings. The van der Waals surface area contributed by atoms with E-state index in [0.717, 1.165) is 18.3 Å².